The summed E-state index contributed by atoms with van der Waals surface area (Å²) in [6, 6.07) is 4.54. The molecule has 1 aliphatic heterocycles. The molecule has 2 N–H and O–H groups in total. The van der Waals surface area contributed by atoms with Crippen molar-refractivity contribution in [2.45, 2.75) is 31.6 Å². The van der Waals surface area contributed by atoms with E-state index >= 15 is 0 Å². The lowest BCUT2D eigenvalue weighted by Crippen LogP contribution is -2.46. The van der Waals surface area contributed by atoms with Gasteiger partial charge in [-0.1, -0.05) is 6.07 Å². The monoisotopic (exact) mass is 265 g/mol. The van der Waals surface area contributed by atoms with Crippen LogP contribution < -0.4 is 5.73 Å². The van der Waals surface area contributed by atoms with E-state index in [0.29, 0.717) is 17.3 Å². The Morgan fingerprint density at radius 2 is 2.28 bits per heavy atom. The summed E-state index contributed by atoms with van der Waals surface area (Å²) in [4.78, 5) is 6.89. The fourth-order valence-corrected chi connectivity index (χ4v) is 3.63. The highest BCUT2D eigenvalue weighted by molar-refractivity contribution is 8.00. The molecule has 0 aliphatic carbocycles. The maximum Gasteiger partial charge on any atom is 0.0486 e. The minimum Gasteiger partial charge on any atom is -0.329 e. The van der Waals surface area contributed by atoms with Gasteiger partial charge in [-0.05, 0) is 32.4 Å². The maximum atomic E-state index is 5.99. The van der Waals surface area contributed by atoms with Crippen molar-refractivity contribution in [1.29, 1.82) is 0 Å². The highest BCUT2D eigenvalue weighted by atomic mass is 32.2. The summed E-state index contributed by atoms with van der Waals surface area (Å²) >= 11 is 2.05. The number of nitrogens with two attached hydrogens (primary N) is 1. The van der Waals surface area contributed by atoms with Crippen LogP contribution in [-0.4, -0.2) is 40.0 Å². The molecule has 2 heterocycles. The Morgan fingerprint density at radius 3 is 2.83 bits per heavy atom. The Bertz CT molecular complexity index is 389. The number of aryl methyl sites for hydroxylation is 1. The van der Waals surface area contributed by atoms with Gasteiger partial charge in [0.05, 0.1) is 0 Å². The van der Waals surface area contributed by atoms with Crippen LogP contribution in [0.4, 0.5) is 0 Å². The number of pyridine rings is 1. The summed E-state index contributed by atoms with van der Waals surface area (Å²) in [5.41, 5.74) is 8.29. The molecule has 0 saturated carbocycles. The fraction of sp³-hybridized carbons (Fsp3) is 0.643. The van der Waals surface area contributed by atoms with Crippen molar-refractivity contribution in [2.24, 2.45) is 5.73 Å². The van der Waals surface area contributed by atoms with Gasteiger partial charge in [0, 0.05) is 48.1 Å². The number of rotatable bonds is 3. The van der Waals surface area contributed by atoms with Crippen molar-refractivity contribution in [2.75, 3.05) is 25.4 Å². The zero-order chi connectivity index (χ0) is 13.2. The lowest BCUT2D eigenvalue weighted by molar-refractivity contribution is 0.192. The van der Waals surface area contributed by atoms with E-state index in [-0.39, 0.29) is 0 Å². The van der Waals surface area contributed by atoms with Crippen molar-refractivity contribution in [3.8, 4) is 0 Å². The second kappa shape index (κ2) is 5.59. The molecule has 1 aliphatic rings. The molecule has 1 atom stereocenters. The molecule has 1 saturated heterocycles. The third kappa shape index (κ3) is 3.25. The fourth-order valence-electron chi connectivity index (χ4n) is 2.49. The smallest absolute Gasteiger partial charge is 0.0486 e. The third-order valence-electron chi connectivity index (χ3n) is 3.44. The number of hydrogen-bond acceptors (Lipinski definition) is 4. The number of nitrogens with zero attached hydrogens (tertiary/aromatic N) is 2. The second-order valence-electron chi connectivity index (χ2n) is 5.56. The number of hydrogen-bond donors (Lipinski definition) is 1. The van der Waals surface area contributed by atoms with Crippen molar-refractivity contribution < 1.29 is 0 Å². The number of aromatic nitrogens is 1. The molecule has 0 spiro atoms. The molecular formula is C14H23N3S. The Labute approximate surface area is 114 Å². The number of thioether (sulfide) groups is 1. The molecule has 100 valence electrons. The van der Waals surface area contributed by atoms with E-state index in [9.17, 15) is 0 Å². The zero-order valence-electron chi connectivity index (χ0n) is 11.5. The lowest BCUT2D eigenvalue weighted by atomic mass is 10.0. The molecule has 0 radical (unpaired) electrons. The van der Waals surface area contributed by atoms with Crippen molar-refractivity contribution >= 4 is 11.8 Å². The average Bonchev–Trinajstić information content (AvgIpc) is 2.31. The maximum absolute atomic E-state index is 5.99. The second-order valence-corrected chi connectivity index (χ2v) is 7.37. The van der Waals surface area contributed by atoms with Gasteiger partial charge in [0.25, 0.3) is 0 Å². The van der Waals surface area contributed by atoms with Crippen LogP contribution in [0.2, 0.25) is 0 Å². The predicted octanol–water partition coefficient (Wildman–Crippen LogP) is 2.22. The standard InChI is InChI=1S/C14H23N3S/c1-11-4-5-12(9-16-11)13(8-15)17-6-7-18-14(2,3)10-17/h4-5,9,13H,6-8,10,15H2,1-3H3. The largest absolute Gasteiger partial charge is 0.329 e. The van der Waals surface area contributed by atoms with Crippen LogP contribution in [-0.2, 0) is 0 Å². The van der Waals surface area contributed by atoms with E-state index in [4.69, 9.17) is 5.73 Å². The quantitative estimate of drug-likeness (QED) is 0.910. The van der Waals surface area contributed by atoms with E-state index < -0.39 is 0 Å². The first kappa shape index (κ1) is 13.8. The highest BCUT2D eigenvalue weighted by Gasteiger charge is 2.31. The van der Waals surface area contributed by atoms with Crippen LogP contribution in [0.1, 0.15) is 31.1 Å². The zero-order valence-corrected chi connectivity index (χ0v) is 12.3. The van der Waals surface area contributed by atoms with E-state index in [1.807, 2.05) is 13.1 Å². The van der Waals surface area contributed by atoms with Gasteiger partial charge in [-0.15, -0.1) is 0 Å². The topological polar surface area (TPSA) is 42.1 Å². The van der Waals surface area contributed by atoms with Crippen LogP contribution in [0.15, 0.2) is 18.3 Å². The van der Waals surface area contributed by atoms with Crippen molar-refractivity contribution in [3.05, 3.63) is 29.6 Å². The van der Waals surface area contributed by atoms with Crippen molar-refractivity contribution in [1.82, 2.24) is 9.88 Å². The molecule has 0 aromatic carbocycles. The molecule has 3 nitrogen and oxygen atoms in total. The van der Waals surface area contributed by atoms with E-state index in [1.165, 1.54) is 11.3 Å². The van der Waals surface area contributed by atoms with Crippen LogP contribution in [0.25, 0.3) is 0 Å². The van der Waals surface area contributed by atoms with E-state index in [2.05, 4.69) is 47.6 Å². The Hall–Kier alpha value is -0.580. The highest BCUT2D eigenvalue weighted by Crippen LogP contribution is 2.33. The predicted molar refractivity (Wildman–Crippen MR) is 78.9 cm³/mol. The van der Waals surface area contributed by atoms with Gasteiger partial charge in [-0.3, -0.25) is 9.88 Å². The van der Waals surface area contributed by atoms with E-state index in [1.54, 1.807) is 0 Å². The summed E-state index contributed by atoms with van der Waals surface area (Å²) in [7, 11) is 0. The lowest BCUT2D eigenvalue weighted by Gasteiger charge is -2.41. The first-order valence-corrected chi connectivity index (χ1v) is 7.51. The van der Waals surface area contributed by atoms with Crippen LogP contribution in [0.3, 0.4) is 0 Å². The van der Waals surface area contributed by atoms with Crippen LogP contribution >= 0.6 is 11.8 Å². The molecule has 4 heteroatoms. The van der Waals surface area contributed by atoms with Gasteiger partial charge >= 0.3 is 0 Å². The molecule has 1 aromatic heterocycles. The summed E-state index contributed by atoms with van der Waals surface area (Å²) in [6.45, 7) is 9.50. The first-order valence-electron chi connectivity index (χ1n) is 6.52. The molecule has 1 fully saturated rings. The van der Waals surface area contributed by atoms with Gasteiger partial charge < -0.3 is 5.73 Å². The van der Waals surface area contributed by atoms with Crippen LogP contribution in [0, 0.1) is 6.92 Å². The van der Waals surface area contributed by atoms with Gasteiger partial charge in [-0.25, -0.2) is 0 Å². The molecule has 1 aromatic rings. The summed E-state index contributed by atoms with van der Waals surface area (Å²) in [5, 5.41) is 0. The summed E-state index contributed by atoms with van der Waals surface area (Å²) in [6.07, 6.45) is 1.97. The summed E-state index contributed by atoms with van der Waals surface area (Å²) in [5.74, 6) is 1.18. The molecule has 2 rings (SSSR count). The minimum atomic E-state index is 0.304. The molecule has 0 bridgehead atoms. The first-order chi connectivity index (χ1) is 8.52. The normalized spacial score (nSPS) is 21.8. The Balaban J connectivity index is 2.15. The van der Waals surface area contributed by atoms with E-state index in [0.717, 1.165) is 18.8 Å². The third-order valence-corrected chi connectivity index (χ3v) is 4.74. The van der Waals surface area contributed by atoms with Gasteiger partial charge in [0.2, 0.25) is 0 Å². The Kier molecular flexibility index (Phi) is 4.30. The molecular weight excluding hydrogens is 242 g/mol. The molecule has 0 amide bonds. The molecule has 1 unspecified atom stereocenters. The van der Waals surface area contributed by atoms with Gasteiger partial charge in [0.1, 0.15) is 0 Å². The summed E-state index contributed by atoms with van der Waals surface area (Å²) < 4.78 is 0.323. The Morgan fingerprint density at radius 1 is 1.50 bits per heavy atom. The SMILES string of the molecule is Cc1ccc(C(CN)N2CCSC(C)(C)C2)cn1. The van der Waals surface area contributed by atoms with Gasteiger partial charge in [0.15, 0.2) is 0 Å². The van der Waals surface area contributed by atoms with Crippen LogP contribution in [0.5, 0.6) is 0 Å². The van der Waals surface area contributed by atoms with Crippen molar-refractivity contribution in [3.63, 3.8) is 0 Å². The van der Waals surface area contributed by atoms with Gasteiger partial charge in [-0.2, -0.15) is 11.8 Å². The minimum absolute atomic E-state index is 0.304. The average molecular weight is 265 g/mol. The molecule has 18 heavy (non-hydrogen) atoms.